The molecule has 12 aromatic rings. The molecule has 350 valence electrons. The molecule has 0 fully saturated rings. The molecule has 0 N–H and O–H groups in total. The fraction of sp³-hybridized carbons (Fsp3) is 0.0423. The zero-order valence-electron chi connectivity index (χ0n) is 40.9. The first-order chi connectivity index (χ1) is 36.7. The monoisotopic (exact) mass is 945 g/mol. The van der Waals surface area contributed by atoms with Crippen LogP contribution in [-0.4, -0.2) is 4.57 Å². The van der Waals surface area contributed by atoms with Crippen LogP contribution in [0.4, 0.5) is 34.1 Å². The number of nitrogens with zero attached hydrogens (tertiary/aromatic N) is 3. The first-order valence-electron chi connectivity index (χ1n) is 25.8. The lowest BCUT2D eigenvalue weighted by molar-refractivity contribution is 0.728. The molecule has 1 aliphatic heterocycles. The highest BCUT2D eigenvalue weighted by molar-refractivity contribution is 6.12. The number of para-hydroxylation sites is 4. The summed E-state index contributed by atoms with van der Waals surface area (Å²) in [5.41, 5.74) is 22.2. The number of allylic oxidation sites excluding steroid dienone is 1. The predicted molar refractivity (Wildman–Crippen MR) is 310 cm³/mol. The normalized spacial score (nSPS) is 14.4. The average Bonchev–Trinajstić information content (AvgIpc) is 3.85. The summed E-state index contributed by atoms with van der Waals surface area (Å²) in [5, 5.41) is 2.54. The van der Waals surface area contributed by atoms with Crippen molar-refractivity contribution < 1.29 is 0 Å². The van der Waals surface area contributed by atoms with E-state index in [1.807, 2.05) is 0 Å². The van der Waals surface area contributed by atoms with Crippen molar-refractivity contribution in [3.05, 3.63) is 312 Å². The van der Waals surface area contributed by atoms with Crippen molar-refractivity contribution in [3.63, 3.8) is 0 Å². The minimum absolute atomic E-state index is 0.628. The van der Waals surface area contributed by atoms with Crippen LogP contribution in [0.5, 0.6) is 0 Å². The molecule has 11 aromatic carbocycles. The Kier molecular flexibility index (Phi) is 10.5. The quantitative estimate of drug-likeness (QED) is 0.135. The van der Waals surface area contributed by atoms with E-state index in [0.29, 0.717) is 0 Å². The largest absolute Gasteiger partial charge is 0.311 e. The Morgan fingerprint density at radius 3 is 1.59 bits per heavy atom. The van der Waals surface area contributed by atoms with E-state index in [0.717, 1.165) is 52.4 Å². The molecule has 1 unspecified atom stereocenters. The summed E-state index contributed by atoms with van der Waals surface area (Å²) in [4.78, 5) is 4.81. The third kappa shape index (κ3) is 7.04. The molecule has 14 rings (SSSR count). The summed E-state index contributed by atoms with van der Waals surface area (Å²) in [6.07, 6.45) is 6.73. The van der Waals surface area contributed by atoms with E-state index < -0.39 is 5.41 Å². The van der Waals surface area contributed by atoms with Crippen molar-refractivity contribution in [2.75, 3.05) is 9.80 Å². The van der Waals surface area contributed by atoms with Gasteiger partial charge in [-0.3, -0.25) is 0 Å². The van der Waals surface area contributed by atoms with Gasteiger partial charge >= 0.3 is 0 Å². The second-order valence-electron chi connectivity index (χ2n) is 19.5. The summed E-state index contributed by atoms with van der Waals surface area (Å²) >= 11 is 0. The first kappa shape index (κ1) is 43.4. The van der Waals surface area contributed by atoms with Crippen molar-refractivity contribution in [2.24, 2.45) is 0 Å². The number of aryl methyl sites for hydroxylation is 1. The van der Waals surface area contributed by atoms with Gasteiger partial charge in [0.25, 0.3) is 0 Å². The second kappa shape index (κ2) is 18.0. The second-order valence-corrected chi connectivity index (χ2v) is 19.5. The van der Waals surface area contributed by atoms with Gasteiger partial charge in [0.15, 0.2) is 0 Å². The molecular formula is C71H51N3. The highest BCUT2D eigenvalue weighted by atomic mass is 15.1. The number of rotatable bonds is 10. The fourth-order valence-corrected chi connectivity index (χ4v) is 12.2. The minimum Gasteiger partial charge on any atom is -0.311 e. The zero-order valence-corrected chi connectivity index (χ0v) is 40.9. The van der Waals surface area contributed by atoms with E-state index in [2.05, 4.69) is 300 Å². The lowest BCUT2D eigenvalue weighted by Crippen LogP contribution is -2.35. The molecule has 0 bridgehead atoms. The number of fused-ring (bicyclic) bond motifs is 6. The van der Waals surface area contributed by atoms with Gasteiger partial charge in [-0.05, 0) is 142 Å². The van der Waals surface area contributed by atoms with Gasteiger partial charge < -0.3 is 14.4 Å². The summed E-state index contributed by atoms with van der Waals surface area (Å²) in [5.74, 6) is 0. The van der Waals surface area contributed by atoms with E-state index in [4.69, 9.17) is 0 Å². The molecule has 1 aromatic heterocycles. The van der Waals surface area contributed by atoms with E-state index in [-0.39, 0.29) is 0 Å². The Balaban J connectivity index is 0.887. The number of aromatic nitrogens is 1. The SMILES string of the molecule is C1=Cc2c(cccc2N(c2ccc(-c3ccc(N(c4ccccc4)c4ccc(-c5ccccc5)cc4)cc3)cc2)c2cccc(C3(c4ccccc4)c4ccccc4-n4c5ccccc5c5cccc3c54)c2)CC1. The van der Waals surface area contributed by atoms with Gasteiger partial charge in [0.05, 0.1) is 27.8 Å². The third-order valence-electron chi connectivity index (χ3n) is 15.5. The Morgan fingerprint density at radius 2 is 0.878 bits per heavy atom. The molecule has 0 amide bonds. The zero-order chi connectivity index (χ0) is 49.0. The van der Waals surface area contributed by atoms with Crippen LogP contribution in [0.15, 0.2) is 279 Å². The summed E-state index contributed by atoms with van der Waals surface area (Å²) in [7, 11) is 0. The average molecular weight is 946 g/mol. The maximum absolute atomic E-state index is 2.51. The first-order valence-corrected chi connectivity index (χ1v) is 25.8. The van der Waals surface area contributed by atoms with Gasteiger partial charge in [0.1, 0.15) is 0 Å². The maximum Gasteiger partial charge on any atom is 0.0743 e. The smallest absolute Gasteiger partial charge is 0.0743 e. The van der Waals surface area contributed by atoms with Crippen LogP contribution in [-0.2, 0) is 11.8 Å². The molecule has 0 saturated heterocycles. The van der Waals surface area contributed by atoms with Gasteiger partial charge in [-0.15, -0.1) is 0 Å². The molecular weight excluding hydrogens is 895 g/mol. The van der Waals surface area contributed by atoms with Gasteiger partial charge in [0.2, 0.25) is 0 Å². The number of benzene rings is 11. The van der Waals surface area contributed by atoms with Crippen LogP contribution < -0.4 is 9.80 Å². The van der Waals surface area contributed by atoms with Crippen LogP contribution >= 0.6 is 0 Å². The highest BCUT2D eigenvalue weighted by Gasteiger charge is 2.45. The van der Waals surface area contributed by atoms with E-state index in [9.17, 15) is 0 Å². The molecule has 2 heterocycles. The number of hydrogen-bond acceptors (Lipinski definition) is 2. The van der Waals surface area contributed by atoms with Crippen LogP contribution in [0, 0.1) is 0 Å². The number of hydrogen-bond donors (Lipinski definition) is 0. The van der Waals surface area contributed by atoms with E-state index in [1.165, 1.54) is 77.7 Å². The summed E-state index contributed by atoms with van der Waals surface area (Å²) < 4.78 is 2.51. The number of anilines is 6. The molecule has 0 spiro atoms. The van der Waals surface area contributed by atoms with Crippen molar-refractivity contribution in [2.45, 2.75) is 18.3 Å². The highest BCUT2D eigenvalue weighted by Crippen LogP contribution is 2.55. The van der Waals surface area contributed by atoms with E-state index in [1.54, 1.807) is 0 Å². The summed E-state index contributed by atoms with van der Waals surface area (Å²) in [6.45, 7) is 0. The Hall–Kier alpha value is -9.44. The molecule has 74 heavy (non-hydrogen) atoms. The van der Waals surface area contributed by atoms with E-state index >= 15 is 0 Å². The fourth-order valence-electron chi connectivity index (χ4n) is 12.2. The molecule has 3 heteroatoms. The Labute approximate surface area is 432 Å². The van der Waals surface area contributed by atoms with Gasteiger partial charge in [0, 0.05) is 44.8 Å². The topological polar surface area (TPSA) is 11.4 Å². The van der Waals surface area contributed by atoms with Crippen LogP contribution in [0.25, 0.3) is 55.8 Å². The van der Waals surface area contributed by atoms with Crippen molar-refractivity contribution in [1.82, 2.24) is 4.57 Å². The molecule has 2 aliphatic rings. The van der Waals surface area contributed by atoms with Gasteiger partial charge in [-0.1, -0.05) is 206 Å². The van der Waals surface area contributed by atoms with Crippen LogP contribution in [0.3, 0.4) is 0 Å². The van der Waals surface area contributed by atoms with Gasteiger partial charge in [-0.2, -0.15) is 0 Å². The Morgan fingerprint density at radius 1 is 0.365 bits per heavy atom. The van der Waals surface area contributed by atoms with Crippen molar-refractivity contribution in [1.29, 1.82) is 0 Å². The molecule has 0 radical (unpaired) electrons. The Bertz CT molecular complexity index is 4040. The predicted octanol–water partition coefficient (Wildman–Crippen LogP) is 18.7. The van der Waals surface area contributed by atoms with Crippen molar-refractivity contribution >= 4 is 62.0 Å². The molecule has 3 nitrogen and oxygen atoms in total. The third-order valence-corrected chi connectivity index (χ3v) is 15.5. The lowest BCUT2D eigenvalue weighted by atomic mass is 9.63. The summed E-state index contributed by atoms with van der Waals surface area (Å²) in [6, 6.07) is 101. The molecule has 1 atom stereocenters. The van der Waals surface area contributed by atoms with Crippen LogP contribution in [0.1, 0.15) is 39.8 Å². The minimum atomic E-state index is -0.628. The molecule has 1 aliphatic carbocycles. The lowest BCUT2D eigenvalue weighted by Gasteiger charge is -2.42. The standard InChI is InChI=1S/C71H51N3/c1-4-19-50(20-5-1)51-37-43-58(44-38-51)72(57-26-8-3-9-27-57)59-45-39-52(40-46-59)53-41-47-60(48-42-53)73(67-36-16-22-54-21-10-11-29-62(54)67)61-28-17-25-56(49-61)71(55-23-6-2-7-24-55)65-32-13-15-35-69(65)74-68-34-14-12-30-63(68)64-31-18-33-66(71)70(64)74/h1-9,11-20,22-49H,10,21H2. The van der Waals surface area contributed by atoms with Crippen LogP contribution in [0.2, 0.25) is 0 Å². The molecule has 0 saturated carbocycles. The van der Waals surface area contributed by atoms with Gasteiger partial charge in [-0.25, -0.2) is 0 Å². The maximum atomic E-state index is 2.51. The van der Waals surface area contributed by atoms with Crippen molar-refractivity contribution in [3.8, 4) is 27.9 Å².